The van der Waals surface area contributed by atoms with Crippen LogP contribution < -0.4 is 0 Å². The maximum Gasteiger partial charge on any atom is 0.338 e. The molecule has 4 atom stereocenters. The number of carbonyl (C=O) groups excluding carboxylic acids is 4. The summed E-state index contributed by atoms with van der Waals surface area (Å²) in [5.41, 5.74) is 0.560. The van der Waals surface area contributed by atoms with Gasteiger partial charge in [0.2, 0.25) is 12.4 Å². The summed E-state index contributed by atoms with van der Waals surface area (Å²) in [6, 6.07) is 16.3. The van der Waals surface area contributed by atoms with E-state index < -0.39 is 42.5 Å². The zero-order valence-corrected chi connectivity index (χ0v) is 16.5. The third-order valence-electron chi connectivity index (χ3n) is 4.40. The normalized spacial score (nSPS) is 22.2. The molecule has 1 heterocycles. The van der Waals surface area contributed by atoms with Crippen molar-refractivity contribution in [1.29, 1.82) is 0 Å². The fourth-order valence-corrected chi connectivity index (χ4v) is 3.02. The molecule has 0 aromatic heterocycles. The molecule has 9 heteroatoms. The van der Waals surface area contributed by atoms with Gasteiger partial charge < -0.3 is 23.7 Å². The Morgan fingerprint density at radius 2 is 1.45 bits per heavy atom. The number of carbonyl (C=O) groups is 4. The van der Waals surface area contributed by atoms with Crippen molar-refractivity contribution < 1.29 is 42.9 Å². The van der Waals surface area contributed by atoms with Crippen LogP contribution in [-0.4, -0.2) is 55.6 Å². The molecule has 1 saturated heterocycles. The molecule has 0 spiro atoms. The largest absolute Gasteiger partial charge is 0.459 e. The van der Waals surface area contributed by atoms with E-state index in [-0.39, 0.29) is 18.6 Å². The molecule has 1 aliphatic heterocycles. The second-order valence-electron chi connectivity index (χ2n) is 6.55. The molecule has 0 bridgehead atoms. The summed E-state index contributed by atoms with van der Waals surface area (Å²) in [5.74, 6) is -2.05. The standard InChI is InChI=1S/C22H20O9/c1-14(24)29-22-19(31-21(26)16-10-6-3-7-11-16)18(28-13-23)17(30-22)12-27-20(25)15-8-4-2-5-9-15/h2-11,13,17-19,22H,12H2,1H3/t17-,18-,19-,22?/m1/s1. The van der Waals surface area contributed by atoms with Gasteiger partial charge in [0, 0.05) is 6.92 Å². The SMILES string of the molecule is CC(=O)OC1O[C@H](COC(=O)c2ccccc2)[C@@H](OC=O)[C@H]1OC(=O)c1ccccc1. The first-order chi connectivity index (χ1) is 15.0. The van der Waals surface area contributed by atoms with Gasteiger partial charge in [0.25, 0.3) is 6.47 Å². The molecule has 9 nitrogen and oxygen atoms in total. The average Bonchev–Trinajstić information content (AvgIpc) is 3.08. The predicted octanol–water partition coefficient (Wildman–Crippen LogP) is 1.90. The molecule has 2 aromatic rings. The third-order valence-corrected chi connectivity index (χ3v) is 4.40. The van der Waals surface area contributed by atoms with Crippen LogP contribution in [0.3, 0.4) is 0 Å². The lowest BCUT2D eigenvalue weighted by atomic mass is 10.1. The second kappa shape index (κ2) is 10.4. The van der Waals surface area contributed by atoms with Crippen LogP contribution in [-0.2, 0) is 33.3 Å². The van der Waals surface area contributed by atoms with E-state index in [0.717, 1.165) is 6.92 Å². The van der Waals surface area contributed by atoms with Crippen LogP contribution in [0.4, 0.5) is 0 Å². The molecule has 31 heavy (non-hydrogen) atoms. The maximum absolute atomic E-state index is 12.5. The predicted molar refractivity (Wildman–Crippen MR) is 104 cm³/mol. The second-order valence-corrected chi connectivity index (χ2v) is 6.55. The van der Waals surface area contributed by atoms with Crippen molar-refractivity contribution in [2.45, 2.75) is 31.5 Å². The van der Waals surface area contributed by atoms with E-state index in [4.69, 9.17) is 23.7 Å². The Kier molecular flexibility index (Phi) is 7.34. The Balaban J connectivity index is 1.74. The fourth-order valence-electron chi connectivity index (χ4n) is 3.02. The summed E-state index contributed by atoms with van der Waals surface area (Å²) < 4.78 is 26.4. The van der Waals surface area contributed by atoms with Gasteiger partial charge in [-0.2, -0.15) is 0 Å². The molecule has 0 amide bonds. The summed E-state index contributed by atoms with van der Waals surface area (Å²) >= 11 is 0. The fraction of sp³-hybridized carbons (Fsp3) is 0.273. The number of rotatable bonds is 8. The Morgan fingerprint density at radius 1 is 0.871 bits per heavy atom. The van der Waals surface area contributed by atoms with E-state index >= 15 is 0 Å². The smallest absolute Gasteiger partial charge is 0.338 e. The van der Waals surface area contributed by atoms with E-state index in [1.165, 1.54) is 12.1 Å². The highest BCUT2D eigenvalue weighted by atomic mass is 16.8. The first-order valence-corrected chi connectivity index (χ1v) is 9.39. The molecule has 2 aromatic carbocycles. The highest BCUT2D eigenvalue weighted by molar-refractivity contribution is 5.90. The molecule has 0 radical (unpaired) electrons. The molecule has 0 aliphatic carbocycles. The van der Waals surface area contributed by atoms with Crippen molar-refractivity contribution in [1.82, 2.24) is 0 Å². The van der Waals surface area contributed by atoms with E-state index in [9.17, 15) is 19.2 Å². The zero-order chi connectivity index (χ0) is 22.2. The van der Waals surface area contributed by atoms with Crippen molar-refractivity contribution >= 4 is 24.4 Å². The van der Waals surface area contributed by atoms with Crippen LogP contribution in [0.5, 0.6) is 0 Å². The van der Waals surface area contributed by atoms with Crippen LogP contribution >= 0.6 is 0 Å². The van der Waals surface area contributed by atoms with Crippen molar-refractivity contribution in [3.05, 3.63) is 71.8 Å². The van der Waals surface area contributed by atoms with Gasteiger partial charge in [0.1, 0.15) is 12.7 Å². The summed E-state index contributed by atoms with van der Waals surface area (Å²) in [4.78, 5) is 47.3. The molecule has 1 unspecified atom stereocenters. The minimum absolute atomic E-state index is 0.152. The third kappa shape index (κ3) is 5.67. The lowest BCUT2D eigenvalue weighted by molar-refractivity contribution is -0.188. The van der Waals surface area contributed by atoms with E-state index in [1.807, 2.05) is 0 Å². The Morgan fingerprint density at radius 3 is 2.00 bits per heavy atom. The summed E-state index contributed by atoms with van der Waals surface area (Å²) in [6.07, 6.45) is -4.81. The van der Waals surface area contributed by atoms with Crippen molar-refractivity contribution in [3.8, 4) is 0 Å². The van der Waals surface area contributed by atoms with Crippen molar-refractivity contribution in [2.75, 3.05) is 6.61 Å². The van der Waals surface area contributed by atoms with Gasteiger partial charge in [-0.05, 0) is 24.3 Å². The van der Waals surface area contributed by atoms with Gasteiger partial charge >= 0.3 is 17.9 Å². The van der Waals surface area contributed by atoms with Crippen LogP contribution in [0.2, 0.25) is 0 Å². The Hall–Kier alpha value is -3.72. The van der Waals surface area contributed by atoms with Crippen LogP contribution in [0.1, 0.15) is 27.6 Å². The van der Waals surface area contributed by atoms with E-state index in [0.29, 0.717) is 5.56 Å². The molecule has 1 aliphatic rings. The zero-order valence-electron chi connectivity index (χ0n) is 16.5. The van der Waals surface area contributed by atoms with Gasteiger partial charge in [0.05, 0.1) is 11.1 Å². The summed E-state index contributed by atoms with van der Waals surface area (Å²) in [5, 5.41) is 0. The summed E-state index contributed by atoms with van der Waals surface area (Å²) in [7, 11) is 0. The van der Waals surface area contributed by atoms with Crippen LogP contribution in [0, 0.1) is 0 Å². The minimum Gasteiger partial charge on any atom is -0.459 e. The van der Waals surface area contributed by atoms with E-state index in [1.54, 1.807) is 48.5 Å². The van der Waals surface area contributed by atoms with Crippen LogP contribution in [0.25, 0.3) is 0 Å². The van der Waals surface area contributed by atoms with Gasteiger partial charge in [-0.25, -0.2) is 9.59 Å². The minimum atomic E-state index is -1.35. The van der Waals surface area contributed by atoms with Gasteiger partial charge in [0.15, 0.2) is 6.10 Å². The van der Waals surface area contributed by atoms with Crippen molar-refractivity contribution in [3.63, 3.8) is 0 Å². The number of hydrogen-bond donors (Lipinski definition) is 0. The van der Waals surface area contributed by atoms with Gasteiger partial charge in [-0.1, -0.05) is 36.4 Å². The first-order valence-electron chi connectivity index (χ1n) is 9.39. The van der Waals surface area contributed by atoms with Gasteiger partial charge in [-0.3, -0.25) is 9.59 Å². The molecule has 0 N–H and O–H groups in total. The number of esters is 3. The highest BCUT2D eigenvalue weighted by Gasteiger charge is 2.51. The molecular formula is C22H20O9. The molecule has 0 saturated carbocycles. The Bertz CT molecular complexity index is 913. The molecule has 162 valence electrons. The number of ether oxygens (including phenoxy) is 5. The van der Waals surface area contributed by atoms with E-state index in [2.05, 4.69) is 0 Å². The number of hydrogen-bond acceptors (Lipinski definition) is 9. The molecule has 1 fully saturated rings. The van der Waals surface area contributed by atoms with Gasteiger partial charge in [-0.15, -0.1) is 0 Å². The quantitative estimate of drug-likeness (QED) is 0.353. The number of benzene rings is 2. The lowest BCUT2D eigenvalue weighted by Crippen LogP contribution is -2.41. The highest BCUT2D eigenvalue weighted by Crippen LogP contribution is 2.29. The topological polar surface area (TPSA) is 114 Å². The monoisotopic (exact) mass is 428 g/mol. The maximum atomic E-state index is 12.5. The lowest BCUT2D eigenvalue weighted by Gasteiger charge is -2.22. The Labute approximate surface area is 177 Å². The molecular weight excluding hydrogens is 408 g/mol. The average molecular weight is 428 g/mol. The van der Waals surface area contributed by atoms with Crippen LogP contribution in [0.15, 0.2) is 60.7 Å². The molecule has 3 rings (SSSR count). The summed E-state index contributed by atoms with van der Waals surface area (Å²) in [6.45, 7) is 0.973. The van der Waals surface area contributed by atoms with Crippen molar-refractivity contribution in [2.24, 2.45) is 0 Å². The first kappa shape index (κ1) is 22.0.